The van der Waals surface area contributed by atoms with Crippen LogP contribution in [-0.2, 0) is 6.54 Å². The highest BCUT2D eigenvalue weighted by Crippen LogP contribution is 2.12. The van der Waals surface area contributed by atoms with Crippen molar-refractivity contribution in [3.05, 3.63) is 48.0 Å². The van der Waals surface area contributed by atoms with Gasteiger partial charge < -0.3 is 5.32 Å². The SMILES string of the molecule is CC(CNCc1ncn[nH]1)c1ccccc1. The molecule has 0 amide bonds. The fraction of sp³-hybridized carbons (Fsp3) is 0.333. The number of nitrogens with zero attached hydrogens (tertiary/aromatic N) is 2. The number of H-pyrrole nitrogens is 1. The molecule has 1 heterocycles. The molecule has 0 bridgehead atoms. The summed E-state index contributed by atoms with van der Waals surface area (Å²) in [5.74, 6) is 1.38. The van der Waals surface area contributed by atoms with Crippen LogP contribution in [0.3, 0.4) is 0 Å². The van der Waals surface area contributed by atoms with Crippen molar-refractivity contribution in [3.63, 3.8) is 0 Å². The van der Waals surface area contributed by atoms with E-state index in [-0.39, 0.29) is 0 Å². The molecule has 4 heteroatoms. The molecule has 2 rings (SSSR count). The summed E-state index contributed by atoms with van der Waals surface area (Å²) in [6.07, 6.45) is 1.53. The molecule has 0 aliphatic heterocycles. The monoisotopic (exact) mass is 216 g/mol. The van der Waals surface area contributed by atoms with Crippen LogP contribution in [0, 0.1) is 0 Å². The second-order valence-electron chi connectivity index (χ2n) is 3.87. The van der Waals surface area contributed by atoms with E-state index < -0.39 is 0 Å². The van der Waals surface area contributed by atoms with Crippen LogP contribution >= 0.6 is 0 Å². The maximum Gasteiger partial charge on any atom is 0.138 e. The number of aromatic amines is 1. The topological polar surface area (TPSA) is 53.6 Å². The van der Waals surface area contributed by atoms with Crippen molar-refractivity contribution in [3.8, 4) is 0 Å². The molecule has 0 saturated carbocycles. The molecule has 0 fully saturated rings. The maximum absolute atomic E-state index is 4.06. The first kappa shape index (κ1) is 10.8. The molecule has 1 atom stereocenters. The summed E-state index contributed by atoms with van der Waals surface area (Å²) >= 11 is 0. The summed E-state index contributed by atoms with van der Waals surface area (Å²) in [6, 6.07) is 10.5. The minimum Gasteiger partial charge on any atom is -0.309 e. The van der Waals surface area contributed by atoms with Gasteiger partial charge in [-0.05, 0) is 11.5 Å². The molecule has 0 radical (unpaired) electrons. The molecule has 0 aliphatic carbocycles. The van der Waals surface area contributed by atoms with E-state index in [0.29, 0.717) is 5.92 Å². The van der Waals surface area contributed by atoms with Gasteiger partial charge in [0.05, 0.1) is 6.54 Å². The van der Waals surface area contributed by atoms with Gasteiger partial charge in [0.2, 0.25) is 0 Å². The summed E-state index contributed by atoms with van der Waals surface area (Å²) in [4.78, 5) is 4.06. The second kappa shape index (κ2) is 5.42. The Balaban J connectivity index is 1.78. The zero-order valence-electron chi connectivity index (χ0n) is 9.35. The molecular weight excluding hydrogens is 200 g/mol. The summed E-state index contributed by atoms with van der Waals surface area (Å²) in [5.41, 5.74) is 1.35. The zero-order valence-corrected chi connectivity index (χ0v) is 9.35. The van der Waals surface area contributed by atoms with E-state index in [1.807, 2.05) is 6.07 Å². The standard InChI is InChI=1S/C12H16N4/c1-10(11-5-3-2-4-6-11)7-13-8-12-14-9-15-16-12/h2-6,9-10,13H,7-8H2,1H3,(H,14,15,16). The van der Waals surface area contributed by atoms with Crippen molar-refractivity contribution >= 4 is 0 Å². The Kier molecular flexibility index (Phi) is 3.66. The van der Waals surface area contributed by atoms with Crippen molar-refractivity contribution in [1.82, 2.24) is 20.5 Å². The van der Waals surface area contributed by atoms with Crippen LogP contribution in [0.4, 0.5) is 0 Å². The van der Waals surface area contributed by atoms with E-state index in [2.05, 4.69) is 51.7 Å². The van der Waals surface area contributed by atoms with Crippen molar-refractivity contribution in [1.29, 1.82) is 0 Å². The van der Waals surface area contributed by atoms with Crippen molar-refractivity contribution < 1.29 is 0 Å². The lowest BCUT2D eigenvalue weighted by Crippen LogP contribution is -2.20. The second-order valence-corrected chi connectivity index (χ2v) is 3.87. The van der Waals surface area contributed by atoms with Crippen LogP contribution in [-0.4, -0.2) is 21.7 Å². The highest BCUT2D eigenvalue weighted by atomic mass is 15.2. The Morgan fingerprint density at radius 3 is 2.81 bits per heavy atom. The lowest BCUT2D eigenvalue weighted by atomic mass is 10.0. The van der Waals surface area contributed by atoms with Gasteiger partial charge in [0.1, 0.15) is 12.2 Å². The number of nitrogens with one attached hydrogen (secondary N) is 2. The molecule has 1 aromatic heterocycles. The Labute approximate surface area is 95.1 Å². The lowest BCUT2D eigenvalue weighted by Gasteiger charge is -2.11. The van der Waals surface area contributed by atoms with Crippen LogP contribution in [0.15, 0.2) is 36.7 Å². The third-order valence-corrected chi connectivity index (χ3v) is 2.58. The average molecular weight is 216 g/mol. The van der Waals surface area contributed by atoms with E-state index in [1.54, 1.807) is 0 Å². The first-order valence-corrected chi connectivity index (χ1v) is 5.46. The fourth-order valence-electron chi connectivity index (χ4n) is 1.62. The first-order valence-electron chi connectivity index (χ1n) is 5.46. The molecule has 1 unspecified atom stereocenters. The third-order valence-electron chi connectivity index (χ3n) is 2.58. The minimum absolute atomic E-state index is 0.504. The third kappa shape index (κ3) is 2.90. The Morgan fingerprint density at radius 1 is 1.31 bits per heavy atom. The van der Waals surface area contributed by atoms with E-state index in [1.165, 1.54) is 11.9 Å². The van der Waals surface area contributed by atoms with E-state index in [9.17, 15) is 0 Å². The minimum atomic E-state index is 0.504. The van der Waals surface area contributed by atoms with E-state index >= 15 is 0 Å². The van der Waals surface area contributed by atoms with Gasteiger partial charge in [0.25, 0.3) is 0 Å². The molecule has 2 aromatic rings. The number of aromatic nitrogens is 3. The zero-order chi connectivity index (χ0) is 11.2. The first-order chi connectivity index (χ1) is 7.86. The van der Waals surface area contributed by atoms with Crippen molar-refractivity contribution in [2.75, 3.05) is 6.54 Å². The predicted molar refractivity (Wildman–Crippen MR) is 62.9 cm³/mol. The Hall–Kier alpha value is -1.68. The number of hydrogen-bond donors (Lipinski definition) is 2. The summed E-state index contributed by atoms with van der Waals surface area (Å²) in [5, 5.41) is 9.98. The van der Waals surface area contributed by atoms with Gasteiger partial charge in [0, 0.05) is 6.54 Å². The summed E-state index contributed by atoms with van der Waals surface area (Å²) < 4.78 is 0. The number of rotatable bonds is 5. The highest BCUT2D eigenvalue weighted by molar-refractivity contribution is 5.18. The van der Waals surface area contributed by atoms with Crippen LogP contribution < -0.4 is 5.32 Å². The molecule has 84 valence electrons. The van der Waals surface area contributed by atoms with Crippen LogP contribution in [0.5, 0.6) is 0 Å². The molecule has 1 aromatic carbocycles. The van der Waals surface area contributed by atoms with E-state index in [0.717, 1.165) is 18.9 Å². The van der Waals surface area contributed by atoms with Crippen molar-refractivity contribution in [2.45, 2.75) is 19.4 Å². The highest BCUT2D eigenvalue weighted by Gasteiger charge is 2.04. The number of hydrogen-bond acceptors (Lipinski definition) is 3. The molecule has 16 heavy (non-hydrogen) atoms. The van der Waals surface area contributed by atoms with Crippen LogP contribution in [0.1, 0.15) is 24.2 Å². The molecule has 0 saturated heterocycles. The fourth-order valence-corrected chi connectivity index (χ4v) is 1.62. The largest absolute Gasteiger partial charge is 0.309 e. The van der Waals surface area contributed by atoms with Crippen molar-refractivity contribution in [2.24, 2.45) is 0 Å². The molecule has 0 aliphatic rings. The van der Waals surface area contributed by atoms with Gasteiger partial charge >= 0.3 is 0 Å². The normalized spacial score (nSPS) is 12.6. The Bertz CT molecular complexity index is 396. The van der Waals surface area contributed by atoms with Gasteiger partial charge in [0.15, 0.2) is 0 Å². The lowest BCUT2D eigenvalue weighted by molar-refractivity contribution is 0.601. The smallest absolute Gasteiger partial charge is 0.138 e. The molecule has 4 nitrogen and oxygen atoms in total. The quantitative estimate of drug-likeness (QED) is 0.799. The van der Waals surface area contributed by atoms with Gasteiger partial charge in [-0.25, -0.2) is 4.98 Å². The van der Waals surface area contributed by atoms with Crippen LogP contribution in [0.25, 0.3) is 0 Å². The molecular formula is C12H16N4. The van der Waals surface area contributed by atoms with Crippen LogP contribution in [0.2, 0.25) is 0 Å². The van der Waals surface area contributed by atoms with Gasteiger partial charge in [-0.1, -0.05) is 37.3 Å². The van der Waals surface area contributed by atoms with Gasteiger partial charge in [-0.2, -0.15) is 5.10 Å². The maximum atomic E-state index is 4.06. The Morgan fingerprint density at radius 2 is 2.12 bits per heavy atom. The summed E-state index contributed by atoms with van der Waals surface area (Å²) in [6.45, 7) is 3.88. The summed E-state index contributed by atoms with van der Waals surface area (Å²) in [7, 11) is 0. The molecule has 2 N–H and O–H groups in total. The van der Waals surface area contributed by atoms with E-state index in [4.69, 9.17) is 0 Å². The number of benzene rings is 1. The van der Waals surface area contributed by atoms with Gasteiger partial charge in [-0.15, -0.1) is 0 Å². The average Bonchev–Trinajstić information content (AvgIpc) is 2.83. The molecule has 0 spiro atoms. The predicted octanol–water partition coefficient (Wildman–Crippen LogP) is 1.70. The van der Waals surface area contributed by atoms with Gasteiger partial charge in [-0.3, -0.25) is 5.10 Å².